The van der Waals surface area contributed by atoms with E-state index in [1.54, 1.807) is 25.3 Å². The summed E-state index contributed by atoms with van der Waals surface area (Å²) in [6.45, 7) is 8.93. The smallest absolute Gasteiger partial charge is 0.161 e. The Morgan fingerprint density at radius 3 is 2.46 bits per heavy atom. The molecule has 0 radical (unpaired) electrons. The Kier molecular flexibility index (Phi) is 2.52. The molecule has 0 spiro atoms. The summed E-state index contributed by atoms with van der Waals surface area (Å²) in [6.07, 6.45) is 5.22. The van der Waals surface area contributed by atoms with E-state index in [0.29, 0.717) is 5.56 Å². The maximum Gasteiger partial charge on any atom is 0.161 e. The van der Waals surface area contributed by atoms with Gasteiger partial charge in [0, 0.05) is 30.1 Å². The number of Topliss-reactive ketones (excluding diaryl/α,β-unsaturated/α-hetero) is 1. The Morgan fingerprint density at radius 1 is 1.46 bits per heavy atom. The predicted octanol–water partition coefficient (Wildman–Crippen LogP) is 2.51. The van der Waals surface area contributed by atoms with Crippen LogP contribution in [0.1, 0.15) is 28.5 Å². The third-order valence-electron chi connectivity index (χ3n) is 2.05. The zero-order valence-electron chi connectivity index (χ0n) is 8.00. The van der Waals surface area contributed by atoms with Gasteiger partial charge in [0.05, 0.1) is 0 Å². The lowest BCUT2D eigenvalue weighted by Crippen LogP contribution is -1.91. The second kappa shape index (κ2) is 3.44. The molecule has 1 heterocycles. The van der Waals surface area contributed by atoms with Gasteiger partial charge in [-0.3, -0.25) is 4.79 Å². The molecule has 2 nitrogen and oxygen atoms in total. The average molecular weight is 175 g/mol. The fourth-order valence-corrected chi connectivity index (χ4v) is 1.41. The Bertz CT molecular complexity index is 372. The molecule has 0 atom stereocenters. The van der Waals surface area contributed by atoms with Crippen molar-refractivity contribution < 1.29 is 4.79 Å². The van der Waals surface area contributed by atoms with Crippen molar-refractivity contribution in [3.8, 4) is 0 Å². The molecule has 1 aromatic heterocycles. The molecule has 68 valence electrons. The number of aromatic nitrogens is 1. The lowest BCUT2D eigenvalue weighted by molar-refractivity contribution is 0.101. The molecule has 0 saturated heterocycles. The van der Waals surface area contributed by atoms with E-state index in [0.717, 1.165) is 11.3 Å². The molecule has 0 amide bonds. The van der Waals surface area contributed by atoms with Crippen molar-refractivity contribution in [1.82, 2.24) is 4.57 Å². The van der Waals surface area contributed by atoms with Crippen LogP contribution in [-0.2, 0) is 7.05 Å². The van der Waals surface area contributed by atoms with Gasteiger partial charge in [0.2, 0.25) is 0 Å². The summed E-state index contributed by atoms with van der Waals surface area (Å²) in [5, 5.41) is 0. The SMILES string of the molecule is C=Cc1c(C(C)=O)cn(C)c1C=C. The first-order valence-electron chi connectivity index (χ1n) is 4.07. The molecule has 1 rings (SSSR count). The van der Waals surface area contributed by atoms with E-state index < -0.39 is 0 Å². The number of hydrogen-bond acceptors (Lipinski definition) is 1. The van der Waals surface area contributed by atoms with Gasteiger partial charge in [0.15, 0.2) is 5.78 Å². The van der Waals surface area contributed by atoms with Gasteiger partial charge in [-0.05, 0) is 13.0 Å². The summed E-state index contributed by atoms with van der Waals surface area (Å²) in [6, 6.07) is 0. The average Bonchev–Trinajstić information content (AvgIpc) is 2.41. The summed E-state index contributed by atoms with van der Waals surface area (Å²) in [7, 11) is 1.89. The summed E-state index contributed by atoms with van der Waals surface area (Å²) in [5.74, 6) is 0.0543. The van der Waals surface area contributed by atoms with E-state index in [2.05, 4.69) is 13.2 Å². The van der Waals surface area contributed by atoms with Crippen molar-refractivity contribution >= 4 is 17.9 Å². The topological polar surface area (TPSA) is 22.0 Å². The lowest BCUT2D eigenvalue weighted by atomic mass is 10.1. The van der Waals surface area contributed by atoms with Crippen molar-refractivity contribution in [2.75, 3.05) is 0 Å². The van der Waals surface area contributed by atoms with E-state index in [4.69, 9.17) is 0 Å². The van der Waals surface area contributed by atoms with Crippen LogP contribution >= 0.6 is 0 Å². The summed E-state index contributed by atoms with van der Waals surface area (Å²) in [5.41, 5.74) is 2.50. The maximum absolute atomic E-state index is 11.2. The third-order valence-corrected chi connectivity index (χ3v) is 2.05. The molecule has 13 heavy (non-hydrogen) atoms. The fraction of sp³-hybridized carbons (Fsp3) is 0.182. The van der Waals surface area contributed by atoms with Crippen molar-refractivity contribution in [3.05, 3.63) is 36.2 Å². The molecule has 0 aliphatic heterocycles. The molecular weight excluding hydrogens is 162 g/mol. The van der Waals surface area contributed by atoms with E-state index in [9.17, 15) is 4.79 Å². The molecule has 2 heteroatoms. The highest BCUT2D eigenvalue weighted by Gasteiger charge is 2.11. The van der Waals surface area contributed by atoms with Gasteiger partial charge in [0.1, 0.15) is 0 Å². The number of nitrogens with zero attached hydrogens (tertiary/aromatic N) is 1. The van der Waals surface area contributed by atoms with Crippen LogP contribution < -0.4 is 0 Å². The van der Waals surface area contributed by atoms with Gasteiger partial charge < -0.3 is 4.57 Å². The van der Waals surface area contributed by atoms with Gasteiger partial charge in [-0.2, -0.15) is 0 Å². The summed E-state index contributed by atoms with van der Waals surface area (Å²) >= 11 is 0. The first-order valence-corrected chi connectivity index (χ1v) is 4.07. The van der Waals surface area contributed by atoms with Crippen LogP contribution in [0.2, 0.25) is 0 Å². The van der Waals surface area contributed by atoms with Crippen molar-refractivity contribution in [2.24, 2.45) is 7.05 Å². The van der Waals surface area contributed by atoms with Crippen molar-refractivity contribution in [2.45, 2.75) is 6.92 Å². The van der Waals surface area contributed by atoms with E-state index in [1.165, 1.54) is 0 Å². The monoisotopic (exact) mass is 175 g/mol. The number of ketones is 1. The zero-order chi connectivity index (χ0) is 10.0. The van der Waals surface area contributed by atoms with E-state index in [1.807, 2.05) is 11.6 Å². The molecule has 0 aliphatic carbocycles. The number of carbonyl (C=O) groups is 1. The van der Waals surface area contributed by atoms with Crippen LogP contribution in [0.3, 0.4) is 0 Å². The highest BCUT2D eigenvalue weighted by atomic mass is 16.1. The maximum atomic E-state index is 11.2. The molecule has 0 aliphatic rings. The second-order valence-electron chi connectivity index (χ2n) is 2.92. The van der Waals surface area contributed by atoms with Gasteiger partial charge in [-0.1, -0.05) is 19.2 Å². The van der Waals surface area contributed by atoms with Gasteiger partial charge in [-0.25, -0.2) is 0 Å². The van der Waals surface area contributed by atoms with Crippen LogP contribution in [0.25, 0.3) is 12.2 Å². The molecule has 0 bridgehead atoms. The Morgan fingerprint density at radius 2 is 2.08 bits per heavy atom. The van der Waals surface area contributed by atoms with Gasteiger partial charge >= 0.3 is 0 Å². The second-order valence-corrected chi connectivity index (χ2v) is 2.92. The number of hydrogen-bond donors (Lipinski definition) is 0. The standard InChI is InChI=1S/C11H13NO/c1-5-9-10(8(3)13)7-12(4)11(9)6-2/h5-7H,1-2H2,3-4H3. The molecule has 0 fully saturated rings. The lowest BCUT2D eigenvalue weighted by Gasteiger charge is -1.97. The van der Waals surface area contributed by atoms with E-state index in [-0.39, 0.29) is 5.78 Å². The van der Waals surface area contributed by atoms with Crippen molar-refractivity contribution in [1.29, 1.82) is 0 Å². The quantitative estimate of drug-likeness (QED) is 0.647. The third kappa shape index (κ3) is 1.47. The van der Waals surface area contributed by atoms with Crippen LogP contribution in [0.5, 0.6) is 0 Å². The number of carbonyl (C=O) groups excluding carboxylic acids is 1. The number of rotatable bonds is 3. The minimum atomic E-state index is 0.0543. The highest BCUT2D eigenvalue weighted by Crippen LogP contribution is 2.19. The minimum absolute atomic E-state index is 0.0543. The molecule has 0 saturated carbocycles. The normalized spacial score (nSPS) is 9.69. The largest absolute Gasteiger partial charge is 0.350 e. The van der Waals surface area contributed by atoms with Crippen LogP contribution in [0, 0.1) is 0 Å². The van der Waals surface area contributed by atoms with Crippen LogP contribution in [0.15, 0.2) is 19.4 Å². The first kappa shape index (κ1) is 9.52. The predicted molar refractivity (Wildman–Crippen MR) is 55.6 cm³/mol. The number of aryl methyl sites for hydroxylation is 1. The molecule has 0 aromatic carbocycles. The summed E-state index contributed by atoms with van der Waals surface area (Å²) < 4.78 is 1.88. The Hall–Kier alpha value is -1.57. The first-order chi connectivity index (χ1) is 6.11. The van der Waals surface area contributed by atoms with Gasteiger partial charge in [-0.15, -0.1) is 0 Å². The molecule has 0 N–H and O–H groups in total. The minimum Gasteiger partial charge on any atom is -0.350 e. The van der Waals surface area contributed by atoms with Crippen LogP contribution in [-0.4, -0.2) is 10.4 Å². The zero-order valence-corrected chi connectivity index (χ0v) is 8.00. The van der Waals surface area contributed by atoms with Gasteiger partial charge in [0.25, 0.3) is 0 Å². The summed E-state index contributed by atoms with van der Waals surface area (Å²) in [4.78, 5) is 11.2. The molecule has 0 unspecified atom stereocenters. The molecular formula is C11H13NO. The fourth-order valence-electron chi connectivity index (χ4n) is 1.41. The van der Waals surface area contributed by atoms with E-state index >= 15 is 0 Å². The highest BCUT2D eigenvalue weighted by molar-refractivity contribution is 5.98. The Balaban J connectivity index is 3.46. The van der Waals surface area contributed by atoms with Crippen molar-refractivity contribution in [3.63, 3.8) is 0 Å². The molecule has 1 aromatic rings. The Labute approximate surface area is 78.2 Å². The van der Waals surface area contributed by atoms with Crippen LogP contribution in [0.4, 0.5) is 0 Å².